The summed E-state index contributed by atoms with van der Waals surface area (Å²) in [6.07, 6.45) is 3.31. The first kappa shape index (κ1) is 15.3. The van der Waals surface area contributed by atoms with E-state index in [1.54, 1.807) is 0 Å². The highest BCUT2D eigenvalue weighted by molar-refractivity contribution is 6.07. The summed E-state index contributed by atoms with van der Waals surface area (Å²) in [5.74, 6) is 0.509. The summed E-state index contributed by atoms with van der Waals surface area (Å²) in [4.78, 5) is 6.67. The van der Waals surface area contributed by atoms with E-state index in [1.807, 2.05) is 18.0 Å². The Bertz CT molecular complexity index is 1040. The van der Waals surface area contributed by atoms with Crippen molar-refractivity contribution >= 4 is 33.8 Å². The SMILES string of the molecule is CN(C(N)=Nc1ccc2c(c1)CCN2)c1ccc2c3c(cccc13)CC2. The predicted molar refractivity (Wildman–Crippen MR) is 110 cm³/mol. The Balaban J connectivity index is 1.54. The van der Waals surface area contributed by atoms with Crippen LogP contribution in [-0.2, 0) is 19.3 Å². The van der Waals surface area contributed by atoms with E-state index in [4.69, 9.17) is 5.73 Å². The van der Waals surface area contributed by atoms with Gasteiger partial charge in [-0.25, -0.2) is 4.99 Å². The van der Waals surface area contributed by atoms with Crippen LogP contribution < -0.4 is 16.0 Å². The molecular weight excluding hydrogens is 320 g/mol. The van der Waals surface area contributed by atoms with E-state index < -0.39 is 0 Å². The summed E-state index contributed by atoms with van der Waals surface area (Å²) >= 11 is 0. The van der Waals surface area contributed by atoms with Crippen molar-refractivity contribution in [1.29, 1.82) is 0 Å². The third-order valence-corrected chi connectivity index (χ3v) is 5.60. The summed E-state index contributed by atoms with van der Waals surface area (Å²) < 4.78 is 0. The third kappa shape index (κ3) is 2.33. The molecule has 0 saturated heterocycles. The van der Waals surface area contributed by atoms with E-state index in [1.165, 1.54) is 33.2 Å². The minimum Gasteiger partial charge on any atom is -0.384 e. The molecule has 2 aliphatic rings. The van der Waals surface area contributed by atoms with E-state index in [9.17, 15) is 0 Å². The number of nitrogens with zero attached hydrogens (tertiary/aromatic N) is 2. The van der Waals surface area contributed by atoms with Gasteiger partial charge in [-0.3, -0.25) is 0 Å². The average molecular weight is 342 g/mol. The van der Waals surface area contributed by atoms with Gasteiger partial charge in [0.1, 0.15) is 0 Å². The summed E-state index contributed by atoms with van der Waals surface area (Å²) in [6, 6.07) is 17.2. The van der Waals surface area contributed by atoms with Crippen molar-refractivity contribution in [2.24, 2.45) is 10.7 Å². The van der Waals surface area contributed by atoms with Crippen LogP contribution >= 0.6 is 0 Å². The van der Waals surface area contributed by atoms with Crippen LogP contribution in [0.3, 0.4) is 0 Å². The smallest absolute Gasteiger partial charge is 0.200 e. The van der Waals surface area contributed by atoms with Gasteiger partial charge < -0.3 is 16.0 Å². The molecule has 1 heterocycles. The first-order valence-corrected chi connectivity index (χ1v) is 9.19. The van der Waals surface area contributed by atoms with E-state index in [2.05, 4.69) is 52.8 Å². The molecule has 0 fully saturated rings. The fourth-order valence-corrected chi connectivity index (χ4v) is 4.22. The van der Waals surface area contributed by atoms with E-state index in [0.717, 1.165) is 37.2 Å². The zero-order valence-electron chi connectivity index (χ0n) is 14.9. The molecule has 0 spiro atoms. The Labute approximate surface area is 153 Å². The third-order valence-electron chi connectivity index (χ3n) is 5.60. The molecule has 26 heavy (non-hydrogen) atoms. The number of nitrogens with one attached hydrogen (secondary N) is 1. The number of hydrogen-bond donors (Lipinski definition) is 2. The number of aryl methyl sites for hydroxylation is 2. The number of nitrogens with two attached hydrogens (primary N) is 1. The molecule has 4 nitrogen and oxygen atoms in total. The maximum Gasteiger partial charge on any atom is 0.200 e. The molecule has 0 bridgehead atoms. The van der Waals surface area contributed by atoms with Crippen LogP contribution in [0.4, 0.5) is 17.1 Å². The second-order valence-electron chi connectivity index (χ2n) is 7.13. The second-order valence-corrected chi connectivity index (χ2v) is 7.13. The van der Waals surface area contributed by atoms with Crippen molar-refractivity contribution in [2.75, 3.05) is 23.8 Å². The number of aliphatic imine (C=N–C) groups is 1. The topological polar surface area (TPSA) is 53.6 Å². The zero-order valence-corrected chi connectivity index (χ0v) is 14.9. The monoisotopic (exact) mass is 342 g/mol. The van der Waals surface area contributed by atoms with E-state index in [-0.39, 0.29) is 0 Å². The van der Waals surface area contributed by atoms with Crippen LogP contribution in [0.5, 0.6) is 0 Å². The van der Waals surface area contributed by atoms with Gasteiger partial charge in [0.15, 0.2) is 0 Å². The number of benzene rings is 3. The Hall–Kier alpha value is -3.01. The maximum absolute atomic E-state index is 6.37. The van der Waals surface area contributed by atoms with Gasteiger partial charge in [0.25, 0.3) is 0 Å². The molecule has 0 radical (unpaired) electrons. The van der Waals surface area contributed by atoms with Crippen LogP contribution in [0.1, 0.15) is 16.7 Å². The molecule has 4 heteroatoms. The van der Waals surface area contributed by atoms with Crippen molar-refractivity contribution in [1.82, 2.24) is 0 Å². The molecule has 130 valence electrons. The molecule has 5 rings (SSSR count). The van der Waals surface area contributed by atoms with Crippen molar-refractivity contribution in [3.8, 4) is 0 Å². The Morgan fingerprint density at radius 2 is 1.85 bits per heavy atom. The first-order valence-electron chi connectivity index (χ1n) is 9.19. The van der Waals surface area contributed by atoms with Gasteiger partial charge in [-0.1, -0.05) is 24.3 Å². The lowest BCUT2D eigenvalue weighted by atomic mass is 10.0. The lowest BCUT2D eigenvalue weighted by Crippen LogP contribution is -2.33. The van der Waals surface area contributed by atoms with Gasteiger partial charge in [-0.15, -0.1) is 0 Å². The van der Waals surface area contributed by atoms with Gasteiger partial charge in [0, 0.05) is 24.7 Å². The largest absolute Gasteiger partial charge is 0.384 e. The molecule has 3 N–H and O–H groups in total. The van der Waals surface area contributed by atoms with Crippen molar-refractivity contribution in [3.05, 3.63) is 65.2 Å². The van der Waals surface area contributed by atoms with Gasteiger partial charge in [0.2, 0.25) is 5.96 Å². The number of hydrogen-bond acceptors (Lipinski definition) is 2. The maximum atomic E-state index is 6.37. The zero-order chi connectivity index (χ0) is 17.7. The van der Waals surface area contributed by atoms with Gasteiger partial charge in [0.05, 0.1) is 11.4 Å². The summed E-state index contributed by atoms with van der Waals surface area (Å²) in [7, 11) is 1.99. The molecule has 0 unspecified atom stereocenters. The molecular formula is C22H22N4. The normalized spacial score (nSPS) is 15.2. The first-order chi connectivity index (χ1) is 12.7. The number of fused-ring (bicyclic) bond motifs is 1. The lowest BCUT2D eigenvalue weighted by Gasteiger charge is -2.21. The van der Waals surface area contributed by atoms with Crippen LogP contribution in [0.15, 0.2) is 53.5 Å². The van der Waals surface area contributed by atoms with Gasteiger partial charge in [-0.2, -0.15) is 0 Å². The number of rotatable bonds is 2. The summed E-state index contributed by atoms with van der Waals surface area (Å²) in [5, 5.41) is 6.03. The lowest BCUT2D eigenvalue weighted by molar-refractivity contribution is 1.02. The molecule has 1 aliphatic carbocycles. The Morgan fingerprint density at radius 1 is 1.00 bits per heavy atom. The molecule has 0 aromatic heterocycles. The quantitative estimate of drug-likeness (QED) is 0.547. The molecule has 0 atom stereocenters. The fraction of sp³-hybridized carbons (Fsp3) is 0.227. The molecule has 3 aromatic carbocycles. The van der Waals surface area contributed by atoms with Crippen LogP contribution in [0.2, 0.25) is 0 Å². The van der Waals surface area contributed by atoms with Crippen molar-refractivity contribution in [3.63, 3.8) is 0 Å². The minimum atomic E-state index is 0.509. The van der Waals surface area contributed by atoms with Gasteiger partial charge >= 0.3 is 0 Å². The highest BCUT2D eigenvalue weighted by Crippen LogP contribution is 2.36. The molecule has 1 aliphatic heterocycles. The Kier molecular flexibility index (Phi) is 3.38. The van der Waals surface area contributed by atoms with E-state index >= 15 is 0 Å². The highest BCUT2D eigenvalue weighted by Gasteiger charge is 2.18. The Morgan fingerprint density at radius 3 is 2.73 bits per heavy atom. The summed E-state index contributed by atoms with van der Waals surface area (Å²) in [6.45, 7) is 0.999. The van der Waals surface area contributed by atoms with Crippen LogP contribution in [0.25, 0.3) is 10.8 Å². The molecule has 3 aromatic rings. The van der Waals surface area contributed by atoms with E-state index in [0.29, 0.717) is 5.96 Å². The second kappa shape index (κ2) is 5.77. The minimum absolute atomic E-state index is 0.509. The number of guanidine groups is 1. The van der Waals surface area contributed by atoms with Crippen molar-refractivity contribution < 1.29 is 0 Å². The highest BCUT2D eigenvalue weighted by atomic mass is 15.2. The fourth-order valence-electron chi connectivity index (χ4n) is 4.22. The number of anilines is 2. The summed E-state index contributed by atoms with van der Waals surface area (Å²) in [5.41, 5.74) is 13.8. The molecule has 0 saturated carbocycles. The van der Waals surface area contributed by atoms with Crippen molar-refractivity contribution in [2.45, 2.75) is 19.3 Å². The standard InChI is InChI=1S/C22H22N4/c1-26(22(23)25-17-8-9-19-16(13-17)11-12-24-19)20-10-7-15-6-5-14-3-2-4-18(20)21(14)15/h2-4,7-10,13,24H,5-6,11-12H2,1H3,(H2,23,25). The predicted octanol–water partition coefficient (Wildman–Crippen LogP) is 3.99. The van der Waals surface area contributed by atoms with Crippen LogP contribution in [-0.4, -0.2) is 19.6 Å². The molecule has 0 amide bonds. The average Bonchev–Trinajstić information content (AvgIpc) is 3.29. The van der Waals surface area contributed by atoms with Gasteiger partial charge in [-0.05, 0) is 65.6 Å². The van der Waals surface area contributed by atoms with Crippen LogP contribution in [0, 0.1) is 0 Å².